The highest BCUT2D eigenvalue weighted by molar-refractivity contribution is 5.27. The molecule has 0 saturated heterocycles. The van der Waals surface area contributed by atoms with E-state index in [4.69, 9.17) is 10.00 Å². The molecule has 0 radical (unpaired) electrons. The Morgan fingerprint density at radius 2 is 1.95 bits per heavy atom. The number of benzene rings is 1. The van der Waals surface area contributed by atoms with E-state index < -0.39 is 5.54 Å². The van der Waals surface area contributed by atoms with Crippen molar-refractivity contribution in [2.24, 2.45) is 0 Å². The van der Waals surface area contributed by atoms with Gasteiger partial charge in [0.1, 0.15) is 11.3 Å². The molecule has 1 aromatic carbocycles. The molecule has 1 rings (SSSR count). The van der Waals surface area contributed by atoms with Crippen LogP contribution in [-0.4, -0.2) is 18.7 Å². The number of nitriles is 1. The molecule has 1 unspecified atom stereocenters. The molecule has 0 spiro atoms. The fraction of sp³-hybridized carbons (Fsp3) is 0.588. The first-order chi connectivity index (χ1) is 9.63. The van der Waals surface area contributed by atoms with E-state index in [0.717, 1.165) is 38.0 Å². The Morgan fingerprint density at radius 3 is 2.50 bits per heavy atom. The van der Waals surface area contributed by atoms with Gasteiger partial charge in [0, 0.05) is 0 Å². The van der Waals surface area contributed by atoms with Crippen LogP contribution in [0.3, 0.4) is 0 Å². The lowest BCUT2D eigenvalue weighted by Crippen LogP contribution is -2.40. The minimum absolute atomic E-state index is 0.441. The predicted molar refractivity (Wildman–Crippen MR) is 82.9 cm³/mol. The van der Waals surface area contributed by atoms with Gasteiger partial charge in [0.2, 0.25) is 0 Å². The molecular weight excluding hydrogens is 248 g/mol. The molecule has 1 atom stereocenters. The zero-order valence-corrected chi connectivity index (χ0v) is 12.9. The highest BCUT2D eigenvalue weighted by atomic mass is 16.5. The second kappa shape index (κ2) is 8.60. The van der Waals surface area contributed by atoms with Crippen molar-refractivity contribution >= 4 is 0 Å². The summed E-state index contributed by atoms with van der Waals surface area (Å²) >= 11 is 0. The van der Waals surface area contributed by atoms with Crippen LogP contribution in [0.5, 0.6) is 5.75 Å². The van der Waals surface area contributed by atoms with Gasteiger partial charge in [0.25, 0.3) is 0 Å². The van der Waals surface area contributed by atoms with E-state index in [0.29, 0.717) is 6.61 Å². The fourth-order valence-corrected chi connectivity index (χ4v) is 2.23. The van der Waals surface area contributed by atoms with Crippen molar-refractivity contribution in [2.45, 2.75) is 52.0 Å². The van der Waals surface area contributed by atoms with Crippen molar-refractivity contribution in [3.8, 4) is 11.8 Å². The van der Waals surface area contributed by atoms with Crippen LogP contribution in [-0.2, 0) is 6.42 Å². The van der Waals surface area contributed by atoms with Crippen molar-refractivity contribution in [2.75, 3.05) is 13.2 Å². The Bertz CT molecular complexity index is 422. The summed E-state index contributed by atoms with van der Waals surface area (Å²) in [5.74, 6) is 0.909. The van der Waals surface area contributed by atoms with Gasteiger partial charge >= 0.3 is 0 Å². The Kier molecular flexibility index (Phi) is 7.11. The third-order valence-electron chi connectivity index (χ3n) is 3.37. The third-order valence-corrected chi connectivity index (χ3v) is 3.37. The Hall–Kier alpha value is -1.53. The Labute approximate surface area is 123 Å². The monoisotopic (exact) mass is 274 g/mol. The van der Waals surface area contributed by atoms with Crippen LogP contribution in [0.15, 0.2) is 24.3 Å². The molecule has 0 heterocycles. The normalized spacial score (nSPS) is 13.5. The summed E-state index contributed by atoms with van der Waals surface area (Å²) in [5, 5.41) is 12.4. The van der Waals surface area contributed by atoms with Gasteiger partial charge in [-0.2, -0.15) is 5.26 Å². The number of hydrogen-bond donors (Lipinski definition) is 1. The molecule has 0 aliphatic carbocycles. The van der Waals surface area contributed by atoms with Crippen molar-refractivity contribution in [1.82, 2.24) is 5.32 Å². The van der Waals surface area contributed by atoms with Crippen molar-refractivity contribution in [1.29, 1.82) is 5.26 Å². The summed E-state index contributed by atoms with van der Waals surface area (Å²) in [5.41, 5.74) is 0.910. The maximum absolute atomic E-state index is 9.16. The van der Waals surface area contributed by atoms with E-state index in [-0.39, 0.29) is 0 Å². The molecule has 0 bridgehead atoms. The second-order valence-electron chi connectivity index (χ2n) is 5.32. The highest BCUT2D eigenvalue weighted by Gasteiger charge is 2.21. The first-order valence-electron chi connectivity index (χ1n) is 7.51. The van der Waals surface area contributed by atoms with E-state index in [2.05, 4.69) is 30.4 Å². The molecule has 1 aromatic rings. The standard InChI is InChI=1S/C17H26N2O/c1-4-7-15-8-10-16(11-9-15)20-13-6-12-17(3,14-18)19-5-2/h8-11,19H,4-7,12-13H2,1-3H3. The third kappa shape index (κ3) is 5.63. The minimum Gasteiger partial charge on any atom is -0.494 e. The number of nitrogens with one attached hydrogen (secondary N) is 1. The molecule has 0 amide bonds. The number of nitrogens with zero attached hydrogens (tertiary/aromatic N) is 1. The summed E-state index contributed by atoms with van der Waals surface area (Å²) in [6, 6.07) is 10.6. The van der Waals surface area contributed by atoms with Crippen LogP contribution >= 0.6 is 0 Å². The highest BCUT2D eigenvalue weighted by Crippen LogP contribution is 2.15. The average Bonchev–Trinajstić information content (AvgIpc) is 2.46. The molecule has 3 heteroatoms. The largest absolute Gasteiger partial charge is 0.494 e. The van der Waals surface area contributed by atoms with Crippen LogP contribution in [0.25, 0.3) is 0 Å². The van der Waals surface area contributed by atoms with Gasteiger partial charge in [0.15, 0.2) is 0 Å². The maximum Gasteiger partial charge on any atom is 0.119 e. The zero-order chi connectivity index (χ0) is 14.8. The van der Waals surface area contributed by atoms with Gasteiger partial charge in [-0.15, -0.1) is 0 Å². The van der Waals surface area contributed by atoms with E-state index in [1.54, 1.807) is 0 Å². The van der Waals surface area contributed by atoms with E-state index in [1.807, 2.05) is 26.0 Å². The van der Waals surface area contributed by atoms with E-state index in [9.17, 15) is 0 Å². The first-order valence-corrected chi connectivity index (χ1v) is 7.51. The van der Waals surface area contributed by atoms with Crippen molar-refractivity contribution in [3.63, 3.8) is 0 Å². The zero-order valence-electron chi connectivity index (χ0n) is 12.9. The van der Waals surface area contributed by atoms with Gasteiger partial charge in [-0.25, -0.2) is 0 Å². The van der Waals surface area contributed by atoms with Crippen LogP contribution in [0.2, 0.25) is 0 Å². The molecular formula is C17H26N2O. The molecule has 0 aliphatic rings. The Morgan fingerprint density at radius 1 is 1.25 bits per heavy atom. The lowest BCUT2D eigenvalue weighted by atomic mass is 9.98. The number of aryl methyl sites for hydroxylation is 1. The molecule has 110 valence electrons. The van der Waals surface area contributed by atoms with E-state index >= 15 is 0 Å². The average molecular weight is 274 g/mol. The first kappa shape index (κ1) is 16.5. The van der Waals surface area contributed by atoms with Crippen LogP contribution in [0.4, 0.5) is 0 Å². The van der Waals surface area contributed by atoms with Gasteiger partial charge in [-0.1, -0.05) is 32.4 Å². The lowest BCUT2D eigenvalue weighted by Gasteiger charge is -2.22. The Balaban J connectivity index is 2.32. The van der Waals surface area contributed by atoms with Gasteiger partial charge in [-0.3, -0.25) is 5.32 Å². The second-order valence-corrected chi connectivity index (χ2v) is 5.32. The van der Waals surface area contributed by atoms with E-state index in [1.165, 1.54) is 5.56 Å². The predicted octanol–water partition coefficient (Wildman–Crippen LogP) is 3.69. The topological polar surface area (TPSA) is 45.0 Å². The molecule has 0 aliphatic heterocycles. The molecule has 0 fully saturated rings. The van der Waals surface area contributed by atoms with Crippen LogP contribution < -0.4 is 10.1 Å². The minimum atomic E-state index is -0.441. The molecule has 20 heavy (non-hydrogen) atoms. The summed E-state index contributed by atoms with van der Waals surface area (Å²) in [7, 11) is 0. The summed E-state index contributed by atoms with van der Waals surface area (Å²) in [4.78, 5) is 0. The van der Waals surface area contributed by atoms with Crippen molar-refractivity contribution < 1.29 is 4.74 Å². The van der Waals surface area contributed by atoms with Gasteiger partial charge in [-0.05, 0) is 50.4 Å². The number of hydrogen-bond acceptors (Lipinski definition) is 3. The summed E-state index contributed by atoms with van der Waals surface area (Å²) in [6.45, 7) is 7.60. The van der Waals surface area contributed by atoms with Crippen LogP contribution in [0, 0.1) is 11.3 Å². The molecule has 1 N–H and O–H groups in total. The van der Waals surface area contributed by atoms with Crippen LogP contribution in [0.1, 0.15) is 45.6 Å². The fourth-order valence-electron chi connectivity index (χ4n) is 2.23. The molecule has 0 saturated carbocycles. The van der Waals surface area contributed by atoms with Gasteiger partial charge in [0.05, 0.1) is 12.7 Å². The quantitative estimate of drug-likeness (QED) is 0.698. The summed E-state index contributed by atoms with van der Waals surface area (Å²) < 4.78 is 5.72. The SMILES string of the molecule is CCCc1ccc(OCCCC(C)(C#N)NCC)cc1. The maximum atomic E-state index is 9.16. The molecule has 0 aromatic heterocycles. The molecule has 3 nitrogen and oxygen atoms in total. The smallest absolute Gasteiger partial charge is 0.119 e. The summed E-state index contributed by atoms with van der Waals surface area (Å²) in [6.07, 6.45) is 3.94. The number of rotatable bonds is 9. The van der Waals surface area contributed by atoms with Crippen molar-refractivity contribution in [3.05, 3.63) is 29.8 Å². The lowest BCUT2D eigenvalue weighted by molar-refractivity contribution is 0.286. The van der Waals surface area contributed by atoms with Gasteiger partial charge < -0.3 is 4.74 Å². The number of ether oxygens (including phenoxy) is 1.